The fourth-order valence-corrected chi connectivity index (χ4v) is 0.965. The van der Waals surface area contributed by atoms with E-state index in [0.29, 0.717) is 11.9 Å². The predicted octanol–water partition coefficient (Wildman–Crippen LogP) is 0.578. The third kappa shape index (κ3) is 1.71. The molecule has 0 fully saturated rings. The molecule has 1 aliphatic rings. The molecule has 0 radical (unpaired) electrons. The van der Waals surface area contributed by atoms with Crippen LogP contribution < -0.4 is 10.6 Å². The van der Waals surface area contributed by atoms with Gasteiger partial charge in [0.25, 0.3) is 0 Å². The minimum absolute atomic E-state index is 0.119. The molecule has 0 atom stereocenters. The molecule has 50 valence electrons. The Kier molecular flexibility index (Phi) is 2.10. The Morgan fingerprint density at radius 2 is 2.56 bits per heavy atom. The molecule has 1 rings (SSSR count). The van der Waals surface area contributed by atoms with E-state index >= 15 is 0 Å². The van der Waals surface area contributed by atoms with E-state index in [2.05, 4.69) is 26.6 Å². The molecular formula is C5H7BrN2O. The largest absolute Gasteiger partial charge is 0.334 e. The minimum Gasteiger partial charge on any atom is -0.334 e. The van der Waals surface area contributed by atoms with E-state index in [9.17, 15) is 4.79 Å². The Morgan fingerprint density at radius 1 is 1.78 bits per heavy atom. The SMILES string of the molecule is O=C1NCC=C(CBr)N1. The molecule has 0 aromatic carbocycles. The number of halogens is 1. The van der Waals surface area contributed by atoms with Gasteiger partial charge in [0.1, 0.15) is 0 Å². The zero-order valence-electron chi connectivity index (χ0n) is 4.78. The highest BCUT2D eigenvalue weighted by molar-refractivity contribution is 9.09. The second kappa shape index (κ2) is 2.87. The second-order valence-corrected chi connectivity index (χ2v) is 2.26. The Bertz CT molecular complexity index is 155. The van der Waals surface area contributed by atoms with Crippen LogP contribution >= 0.6 is 15.9 Å². The molecule has 2 N–H and O–H groups in total. The molecular weight excluding hydrogens is 184 g/mol. The van der Waals surface area contributed by atoms with Gasteiger partial charge in [-0.3, -0.25) is 0 Å². The van der Waals surface area contributed by atoms with E-state index < -0.39 is 0 Å². The van der Waals surface area contributed by atoms with Crippen molar-refractivity contribution in [1.82, 2.24) is 10.6 Å². The Balaban J connectivity index is 2.53. The van der Waals surface area contributed by atoms with Crippen LogP contribution in [0.4, 0.5) is 4.79 Å². The van der Waals surface area contributed by atoms with Gasteiger partial charge in [-0.2, -0.15) is 0 Å². The number of amides is 2. The van der Waals surface area contributed by atoms with E-state index in [0.717, 1.165) is 5.70 Å². The quantitative estimate of drug-likeness (QED) is 0.584. The highest BCUT2D eigenvalue weighted by Gasteiger charge is 2.05. The first-order valence-corrected chi connectivity index (χ1v) is 3.75. The lowest BCUT2D eigenvalue weighted by atomic mass is 10.4. The van der Waals surface area contributed by atoms with Gasteiger partial charge in [0.2, 0.25) is 0 Å². The molecule has 0 saturated carbocycles. The van der Waals surface area contributed by atoms with Crippen molar-refractivity contribution < 1.29 is 4.79 Å². The fraction of sp³-hybridized carbons (Fsp3) is 0.400. The highest BCUT2D eigenvalue weighted by atomic mass is 79.9. The molecule has 0 bridgehead atoms. The maximum Gasteiger partial charge on any atom is 0.319 e. The molecule has 1 aliphatic heterocycles. The van der Waals surface area contributed by atoms with Gasteiger partial charge in [-0.1, -0.05) is 15.9 Å². The van der Waals surface area contributed by atoms with Crippen molar-refractivity contribution in [3.63, 3.8) is 0 Å². The first-order valence-electron chi connectivity index (χ1n) is 2.63. The van der Waals surface area contributed by atoms with Crippen LogP contribution in [0.3, 0.4) is 0 Å². The summed E-state index contributed by atoms with van der Waals surface area (Å²) in [7, 11) is 0. The first-order chi connectivity index (χ1) is 4.33. The predicted molar refractivity (Wildman–Crippen MR) is 38.4 cm³/mol. The first kappa shape index (κ1) is 6.61. The van der Waals surface area contributed by atoms with Crippen LogP contribution in [0.5, 0.6) is 0 Å². The molecule has 3 nitrogen and oxygen atoms in total. The van der Waals surface area contributed by atoms with Crippen molar-refractivity contribution >= 4 is 22.0 Å². The van der Waals surface area contributed by atoms with E-state index in [1.165, 1.54) is 0 Å². The van der Waals surface area contributed by atoms with Crippen molar-refractivity contribution in [2.75, 3.05) is 11.9 Å². The molecule has 0 spiro atoms. The third-order valence-electron chi connectivity index (χ3n) is 1.03. The van der Waals surface area contributed by atoms with Gasteiger partial charge >= 0.3 is 6.03 Å². The molecule has 0 aromatic heterocycles. The summed E-state index contributed by atoms with van der Waals surface area (Å²) in [5, 5.41) is 5.94. The Morgan fingerprint density at radius 3 is 3.00 bits per heavy atom. The number of urea groups is 1. The van der Waals surface area contributed by atoms with Crippen LogP contribution in [0, 0.1) is 0 Å². The number of allylic oxidation sites excluding steroid dienone is 1. The van der Waals surface area contributed by atoms with E-state index in [1.807, 2.05) is 6.08 Å². The summed E-state index contributed by atoms with van der Waals surface area (Å²) in [5.41, 5.74) is 0.929. The zero-order chi connectivity index (χ0) is 6.69. The number of hydrogen-bond acceptors (Lipinski definition) is 1. The van der Waals surface area contributed by atoms with Crippen molar-refractivity contribution in [1.29, 1.82) is 0 Å². The average molecular weight is 191 g/mol. The number of rotatable bonds is 1. The molecule has 4 heteroatoms. The van der Waals surface area contributed by atoms with Crippen LogP contribution in [0.25, 0.3) is 0 Å². The number of hydrogen-bond donors (Lipinski definition) is 2. The second-order valence-electron chi connectivity index (χ2n) is 1.70. The number of nitrogens with one attached hydrogen (secondary N) is 2. The summed E-state index contributed by atoms with van der Waals surface area (Å²) in [6.45, 7) is 0.632. The van der Waals surface area contributed by atoms with Crippen molar-refractivity contribution in [3.05, 3.63) is 11.8 Å². The number of carbonyl (C=O) groups is 1. The van der Waals surface area contributed by atoms with Gasteiger partial charge in [-0.05, 0) is 6.08 Å². The summed E-state index contributed by atoms with van der Waals surface area (Å²) in [6.07, 6.45) is 1.93. The third-order valence-corrected chi connectivity index (χ3v) is 1.63. The lowest BCUT2D eigenvalue weighted by molar-refractivity contribution is 0.243. The van der Waals surface area contributed by atoms with E-state index in [4.69, 9.17) is 0 Å². The van der Waals surface area contributed by atoms with Crippen LogP contribution in [0.1, 0.15) is 0 Å². The van der Waals surface area contributed by atoms with Crippen LogP contribution in [0.15, 0.2) is 11.8 Å². The molecule has 0 unspecified atom stereocenters. The molecule has 9 heavy (non-hydrogen) atoms. The van der Waals surface area contributed by atoms with Gasteiger partial charge in [-0.25, -0.2) is 4.79 Å². The standard InChI is InChI=1S/C5H7BrN2O/c6-3-4-1-2-7-5(9)8-4/h1H,2-3H2,(H2,7,8,9). The maximum atomic E-state index is 10.5. The smallest absolute Gasteiger partial charge is 0.319 e. The number of carbonyl (C=O) groups excluding carboxylic acids is 1. The molecule has 1 heterocycles. The molecule has 0 aromatic rings. The average Bonchev–Trinajstić information content (AvgIpc) is 1.88. The molecule has 0 saturated heterocycles. The van der Waals surface area contributed by atoms with Crippen LogP contribution in [-0.2, 0) is 0 Å². The normalized spacial score (nSPS) is 17.9. The summed E-state index contributed by atoms with van der Waals surface area (Å²) < 4.78 is 0. The topological polar surface area (TPSA) is 41.1 Å². The molecule has 2 amide bonds. The van der Waals surface area contributed by atoms with E-state index in [-0.39, 0.29) is 6.03 Å². The van der Waals surface area contributed by atoms with Crippen molar-refractivity contribution in [3.8, 4) is 0 Å². The molecule has 0 aliphatic carbocycles. The Hall–Kier alpha value is -0.510. The summed E-state index contributed by atoms with van der Waals surface area (Å²) >= 11 is 3.23. The van der Waals surface area contributed by atoms with Gasteiger partial charge in [0.15, 0.2) is 0 Å². The maximum absolute atomic E-state index is 10.5. The monoisotopic (exact) mass is 190 g/mol. The van der Waals surface area contributed by atoms with Crippen LogP contribution in [-0.4, -0.2) is 17.9 Å². The van der Waals surface area contributed by atoms with Gasteiger partial charge < -0.3 is 10.6 Å². The number of alkyl halides is 1. The zero-order valence-corrected chi connectivity index (χ0v) is 6.36. The van der Waals surface area contributed by atoms with Crippen molar-refractivity contribution in [2.45, 2.75) is 0 Å². The lowest BCUT2D eigenvalue weighted by Crippen LogP contribution is -2.39. The highest BCUT2D eigenvalue weighted by Crippen LogP contribution is 1.96. The van der Waals surface area contributed by atoms with Crippen molar-refractivity contribution in [2.24, 2.45) is 0 Å². The Labute approximate surface area is 61.6 Å². The summed E-state index contributed by atoms with van der Waals surface area (Å²) in [5.74, 6) is 0. The summed E-state index contributed by atoms with van der Waals surface area (Å²) in [6, 6.07) is -0.119. The van der Waals surface area contributed by atoms with Gasteiger partial charge in [-0.15, -0.1) is 0 Å². The van der Waals surface area contributed by atoms with Gasteiger partial charge in [0.05, 0.1) is 0 Å². The minimum atomic E-state index is -0.119. The van der Waals surface area contributed by atoms with E-state index in [1.54, 1.807) is 0 Å². The van der Waals surface area contributed by atoms with Gasteiger partial charge in [0, 0.05) is 17.6 Å². The lowest BCUT2D eigenvalue weighted by Gasteiger charge is -2.12. The summed E-state index contributed by atoms with van der Waals surface area (Å²) in [4.78, 5) is 10.5. The van der Waals surface area contributed by atoms with Crippen LogP contribution in [0.2, 0.25) is 0 Å². The fourth-order valence-electron chi connectivity index (χ4n) is 0.596.